The van der Waals surface area contributed by atoms with Crippen molar-refractivity contribution in [3.63, 3.8) is 0 Å². The third-order valence-corrected chi connectivity index (χ3v) is 9.23. The lowest BCUT2D eigenvalue weighted by molar-refractivity contribution is -0.136. The van der Waals surface area contributed by atoms with E-state index in [1.165, 1.54) is 27.7 Å². The smallest absolute Gasteiger partial charge is 0.325 e. The van der Waals surface area contributed by atoms with E-state index in [9.17, 15) is 22.8 Å². The van der Waals surface area contributed by atoms with E-state index < -0.39 is 28.8 Å². The molecule has 3 heterocycles. The highest BCUT2D eigenvalue weighted by molar-refractivity contribution is 8.77. The molecule has 0 saturated carbocycles. The van der Waals surface area contributed by atoms with Gasteiger partial charge in [0.1, 0.15) is 5.82 Å². The monoisotopic (exact) mass is 595 g/mol. The quantitative estimate of drug-likeness (QED) is 0.227. The fraction of sp³-hybridized carbons (Fsp3) is 0.207. The number of rotatable bonds is 7. The molecule has 1 aliphatic rings. The molecule has 0 aliphatic carbocycles. The predicted molar refractivity (Wildman–Crippen MR) is 156 cm³/mol. The average molecular weight is 596 g/mol. The molecule has 2 aromatic carbocycles. The molecular weight excluding hydrogens is 571 g/mol. The van der Waals surface area contributed by atoms with E-state index in [2.05, 4.69) is 25.6 Å². The Morgan fingerprint density at radius 3 is 2.63 bits per heavy atom. The molecule has 1 atom stereocenters. The Hall–Kier alpha value is -3.90. The summed E-state index contributed by atoms with van der Waals surface area (Å²) < 4.78 is 41.6. The third-order valence-electron chi connectivity index (χ3n) is 6.40. The Morgan fingerprint density at radius 1 is 1.05 bits per heavy atom. The van der Waals surface area contributed by atoms with Gasteiger partial charge in [0.25, 0.3) is 5.91 Å². The van der Waals surface area contributed by atoms with Crippen LogP contribution in [-0.2, 0) is 17.4 Å². The van der Waals surface area contributed by atoms with Crippen LogP contribution in [0.4, 0.5) is 24.5 Å². The summed E-state index contributed by atoms with van der Waals surface area (Å²) in [5.74, 6) is 0.282. The van der Waals surface area contributed by atoms with Crippen LogP contribution in [0.25, 0.3) is 11.3 Å². The fourth-order valence-corrected chi connectivity index (χ4v) is 6.95. The number of aromatic nitrogens is 3. The van der Waals surface area contributed by atoms with Crippen molar-refractivity contribution in [1.29, 1.82) is 0 Å². The van der Waals surface area contributed by atoms with Crippen molar-refractivity contribution in [3.8, 4) is 11.3 Å². The summed E-state index contributed by atoms with van der Waals surface area (Å²) in [6.07, 6.45) is 1.26. The Bertz CT molecular complexity index is 1580. The molecule has 2 aromatic heterocycles. The van der Waals surface area contributed by atoms with Crippen LogP contribution in [0.5, 0.6) is 0 Å². The molecular formula is C29H24F3N5O2S2. The zero-order valence-corrected chi connectivity index (χ0v) is 23.4. The van der Waals surface area contributed by atoms with Crippen LogP contribution in [0, 0.1) is 6.92 Å². The Kier molecular flexibility index (Phi) is 8.60. The van der Waals surface area contributed by atoms with Crippen molar-refractivity contribution >= 4 is 44.8 Å². The SMILES string of the molecule is Cc1ccc(C(=O)Nc2ccc(NC(=O)C3CCSS3)c(C(F)(F)F)c2)cc1Cc1nccc(-c2cccnc2)n1. The standard InChI is InChI=1S/C29H24F3N5O2S2/c1-17-4-5-18(13-20(17)14-26-34-11-8-23(36-26)19-3-2-10-33-16-19)27(38)35-21-6-7-24(22(15-21)29(30,31)32)37-28(39)25-9-12-40-41-25/h2-8,10-11,13,15-16,25H,9,12,14H2,1H3,(H,35,38)(H,37,39). The van der Waals surface area contributed by atoms with Crippen LogP contribution < -0.4 is 10.6 Å². The first-order valence-electron chi connectivity index (χ1n) is 12.6. The Labute approximate surface area is 242 Å². The molecule has 2 amide bonds. The van der Waals surface area contributed by atoms with E-state index in [1.807, 2.05) is 19.1 Å². The number of hydrogen-bond acceptors (Lipinski definition) is 7. The molecule has 1 saturated heterocycles. The maximum atomic E-state index is 13.9. The molecule has 0 radical (unpaired) electrons. The molecule has 1 fully saturated rings. The summed E-state index contributed by atoms with van der Waals surface area (Å²) in [7, 11) is 2.87. The van der Waals surface area contributed by atoms with Gasteiger partial charge >= 0.3 is 6.18 Å². The molecule has 2 N–H and O–H groups in total. The fourth-order valence-electron chi connectivity index (χ4n) is 4.22. The number of pyridine rings is 1. The second kappa shape index (κ2) is 12.3. The summed E-state index contributed by atoms with van der Waals surface area (Å²) >= 11 is 0. The largest absolute Gasteiger partial charge is 0.418 e. The number of benzene rings is 2. The van der Waals surface area contributed by atoms with E-state index in [0.29, 0.717) is 18.7 Å². The number of carbonyl (C=O) groups excluding carboxylic acids is 2. The first-order chi connectivity index (χ1) is 19.7. The third kappa shape index (κ3) is 7.06. The van der Waals surface area contributed by atoms with Gasteiger partial charge in [0.15, 0.2) is 0 Å². The van der Waals surface area contributed by atoms with Crippen LogP contribution in [0.3, 0.4) is 0 Å². The molecule has 210 valence electrons. The molecule has 0 spiro atoms. The minimum atomic E-state index is -4.73. The summed E-state index contributed by atoms with van der Waals surface area (Å²) in [5, 5.41) is 4.55. The number of anilines is 2. The van der Waals surface area contributed by atoms with Crippen molar-refractivity contribution in [2.24, 2.45) is 0 Å². The van der Waals surface area contributed by atoms with E-state index in [0.717, 1.165) is 40.3 Å². The minimum Gasteiger partial charge on any atom is -0.325 e. The lowest BCUT2D eigenvalue weighted by atomic mass is 10.0. The number of aryl methyl sites for hydroxylation is 1. The minimum absolute atomic E-state index is 0.0410. The predicted octanol–water partition coefficient (Wildman–Crippen LogP) is 6.80. The molecule has 12 heteroatoms. The highest BCUT2D eigenvalue weighted by Gasteiger charge is 2.35. The topological polar surface area (TPSA) is 96.9 Å². The van der Waals surface area contributed by atoms with E-state index in [4.69, 9.17) is 0 Å². The van der Waals surface area contributed by atoms with Crippen LogP contribution in [0.2, 0.25) is 0 Å². The molecule has 1 unspecified atom stereocenters. The Balaban J connectivity index is 1.33. The molecule has 5 rings (SSSR count). The van der Waals surface area contributed by atoms with Gasteiger partial charge in [0.05, 0.1) is 22.2 Å². The summed E-state index contributed by atoms with van der Waals surface area (Å²) in [6.45, 7) is 1.90. The molecule has 1 aliphatic heterocycles. The number of halogens is 3. The Morgan fingerprint density at radius 2 is 1.90 bits per heavy atom. The summed E-state index contributed by atoms with van der Waals surface area (Å²) in [4.78, 5) is 38.6. The van der Waals surface area contributed by atoms with E-state index in [1.54, 1.807) is 42.9 Å². The van der Waals surface area contributed by atoms with Crippen molar-refractivity contribution in [3.05, 3.63) is 101 Å². The van der Waals surface area contributed by atoms with Crippen molar-refractivity contribution in [2.75, 3.05) is 16.4 Å². The van der Waals surface area contributed by atoms with Crippen LogP contribution >= 0.6 is 21.6 Å². The van der Waals surface area contributed by atoms with Gasteiger partial charge in [-0.25, -0.2) is 9.97 Å². The van der Waals surface area contributed by atoms with E-state index in [-0.39, 0.29) is 16.9 Å². The van der Waals surface area contributed by atoms with Crippen molar-refractivity contribution < 1.29 is 22.8 Å². The molecule has 0 bridgehead atoms. The second-order valence-electron chi connectivity index (χ2n) is 9.31. The second-order valence-corrected chi connectivity index (χ2v) is 12.0. The first kappa shape index (κ1) is 28.6. The van der Waals surface area contributed by atoms with Gasteiger partial charge in [-0.1, -0.05) is 27.7 Å². The summed E-state index contributed by atoms with van der Waals surface area (Å²) in [5.41, 5.74) is 2.14. The first-order valence-corrected chi connectivity index (χ1v) is 15.0. The van der Waals surface area contributed by atoms with Crippen molar-refractivity contribution in [2.45, 2.75) is 31.2 Å². The van der Waals surface area contributed by atoms with Gasteiger partial charge in [-0.15, -0.1) is 0 Å². The summed E-state index contributed by atoms with van der Waals surface area (Å²) in [6, 6.07) is 13.9. The number of alkyl halides is 3. The van der Waals surface area contributed by atoms with Crippen molar-refractivity contribution in [1.82, 2.24) is 15.0 Å². The number of amides is 2. The van der Waals surface area contributed by atoms with Gasteiger partial charge in [0.2, 0.25) is 5.91 Å². The molecule has 41 heavy (non-hydrogen) atoms. The number of nitrogens with zero attached hydrogens (tertiary/aromatic N) is 3. The number of hydrogen-bond donors (Lipinski definition) is 2. The molecule has 7 nitrogen and oxygen atoms in total. The van der Waals surface area contributed by atoms with Gasteiger partial charge in [-0.3, -0.25) is 14.6 Å². The van der Waals surface area contributed by atoms with Crippen LogP contribution in [0.1, 0.15) is 39.3 Å². The van der Waals surface area contributed by atoms with Gasteiger partial charge in [-0.05, 0) is 73.0 Å². The maximum Gasteiger partial charge on any atom is 0.418 e. The highest BCUT2D eigenvalue weighted by Crippen LogP contribution is 2.40. The maximum absolute atomic E-state index is 13.9. The number of nitrogens with one attached hydrogen (secondary N) is 2. The lowest BCUT2D eigenvalue weighted by Gasteiger charge is -2.17. The molecule has 4 aromatic rings. The zero-order valence-electron chi connectivity index (χ0n) is 21.7. The normalized spacial score (nSPS) is 15.0. The van der Waals surface area contributed by atoms with E-state index >= 15 is 0 Å². The highest BCUT2D eigenvalue weighted by atomic mass is 33.1. The van der Waals surface area contributed by atoms with Crippen LogP contribution in [-0.4, -0.2) is 37.8 Å². The zero-order chi connectivity index (χ0) is 29.0. The lowest BCUT2D eigenvalue weighted by Crippen LogP contribution is -2.25. The van der Waals surface area contributed by atoms with Gasteiger partial charge < -0.3 is 10.6 Å². The average Bonchev–Trinajstić information content (AvgIpc) is 3.51. The number of carbonyl (C=O) groups is 2. The van der Waals surface area contributed by atoms with Crippen LogP contribution in [0.15, 0.2) is 73.2 Å². The van der Waals surface area contributed by atoms with Gasteiger partial charge in [-0.2, -0.15) is 13.2 Å². The van der Waals surface area contributed by atoms with Gasteiger partial charge in [0, 0.05) is 47.6 Å².